The molecule has 1 aliphatic rings. The normalized spacial score (nSPS) is 19.1. The number of rotatable bonds is 8. The maximum Gasteiger partial charge on any atom is 0.127 e. The lowest BCUT2D eigenvalue weighted by Crippen LogP contribution is -2.35. The largest absolute Gasteiger partial charge is 0.376 e. The van der Waals surface area contributed by atoms with Crippen LogP contribution in [0.5, 0.6) is 0 Å². The molecule has 29 heavy (non-hydrogen) atoms. The number of hydrogen-bond donors (Lipinski definition) is 1. The lowest BCUT2D eigenvalue weighted by atomic mass is 10.1. The minimum Gasteiger partial charge on any atom is -0.376 e. The van der Waals surface area contributed by atoms with E-state index in [4.69, 9.17) is 27.9 Å². The topological polar surface area (TPSA) is 41.6 Å². The number of nitrogens with one attached hydrogen (secondary N) is 1. The molecule has 2 aromatic rings. The molecule has 0 aromatic heterocycles. The highest BCUT2D eigenvalue weighted by Crippen LogP contribution is 2.26. The number of halogens is 3. The zero-order valence-corrected chi connectivity index (χ0v) is 18.4. The van der Waals surface area contributed by atoms with E-state index in [0.717, 1.165) is 51.1 Å². The third-order valence-corrected chi connectivity index (χ3v) is 6.93. The first-order valence-electron chi connectivity index (χ1n) is 9.70. The van der Waals surface area contributed by atoms with Gasteiger partial charge in [0.05, 0.1) is 21.0 Å². The van der Waals surface area contributed by atoms with Crippen LogP contribution in [0, 0.1) is 5.82 Å². The van der Waals surface area contributed by atoms with Crippen LogP contribution in [0.2, 0.25) is 10.0 Å². The van der Waals surface area contributed by atoms with Crippen molar-refractivity contribution < 1.29 is 13.3 Å². The van der Waals surface area contributed by atoms with Crippen LogP contribution in [0.1, 0.15) is 18.4 Å². The molecule has 1 fully saturated rings. The van der Waals surface area contributed by atoms with Crippen molar-refractivity contribution in [1.29, 1.82) is 0 Å². The first-order chi connectivity index (χ1) is 14.0. The Hall–Kier alpha value is -1.02. The third kappa shape index (κ3) is 7.02. The molecule has 1 N–H and O–H groups in total. The quantitative estimate of drug-likeness (QED) is 0.593. The second kappa shape index (κ2) is 11.4. The van der Waals surface area contributed by atoms with Crippen molar-refractivity contribution >= 4 is 34.2 Å². The average molecular weight is 459 g/mol. The molecule has 3 rings (SSSR count). The van der Waals surface area contributed by atoms with E-state index in [0.29, 0.717) is 21.5 Å². The molecule has 4 nitrogen and oxygen atoms in total. The molecule has 2 aromatic carbocycles. The molecule has 0 radical (unpaired) electrons. The molecule has 0 saturated carbocycles. The molecule has 2 unspecified atom stereocenters. The zero-order valence-electron chi connectivity index (χ0n) is 16.1. The summed E-state index contributed by atoms with van der Waals surface area (Å²) in [6.45, 7) is 4.00. The molecule has 0 spiro atoms. The van der Waals surface area contributed by atoms with E-state index in [1.165, 1.54) is 12.1 Å². The maximum absolute atomic E-state index is 13.1. The number of ether oxygens (including phenoxy) is 1. The molecule has 1 aliphatic heterocycles. The standard InChI is InChI=1S/C21H25Cl2FN2O2S/c22-19-4-1-5-20(23)21(19)29(27)25-10-2-11-26-12-3-13-28-18(15-26)14-16-6-8-17(24)9-7-16/h1,4-9,18,25H,2-3,10-15H2. The summed E-state index contributed by atoms with van der Waals surface area (Å²) in [5.41, 5.74) is 1.08. The van der Waals surface area contributed by atoms with Gasteiger partial charge in [-0.05, 0) is 55.6 Å². The van der Waals surface area contributed by atoms with E-state index in [2.05, 4.69) is 9.62 Å². The Bertz CT molecular complexity index is 803. The van der Waals surface area contributed by atoms with E-state index in [1.807, 2.05) is 12.1 Å². The van der Waals surface area contributed by atoms with Crippen LogP contribution in [-0.4, -0.2) is 48.0 Å². The Morgan fingerprint density at radius 2 is 1.90 bits per heavy atom. The molecule has 0 aliphatic carbocycles. The van der Waals surface area contributed by atoms with Crippen molar-refractivity contribution in [3.05, 3.63) is 63.9 Å². The van der Waals surface area contributed by atoms with E-state index < -0.39 is 11.0 Å². The SMILES string of the molecule is O=S(NCCCN1CCCOC(Cc2ccc(F)cc2)C1)c1c(Cl)cccc1Cl. The van der Waals surface area contributed by atoms with Gasteiger partial charge in [0.15, 0.2) is 0 Å². The van der Waals surface area contributed by atoms with Gasteiger partial charge < -0.3 is 9.64 Å². The minimum atomic E-state index is -1.44. The maximum atomic E-state index is 13.1. The minimum absolute atomic E-state index is 0.0898. The van der Waals surface area contributed by atoms with Crippen LogP contribution >= 0.6 is 23.2 Å². The van der Waals surface area contributed by atoms with Crippen LogP contribution in [0.4, 0.5) is 4.39 Å². The summed E-state index contributed by atoms with van der Waals surface area (Å²) in [7, 11) is -1.44. The van der Waals surface area contributed by atoms with Crippen molar-refractivity contribution in [2.45, 2.75) is 30.3 Å². The fourth-order valence-electron chi connectivity index (χ4n) is 3.38. The molecule has 8 heteroatoms. The average Bonchev–Trinajstić information content (AvgIpc) is 2.92. The summed E-state index contributed by atoms with van der Waals surface area (Å²) in [6, 6.07) is 11.7. The summed E-state index contributed by atoms with van der Waals surface area (Å²) < 4.78 is 34.5. The van der Waals surface area contributed by atoms with Gasteiger partial charge in [-0.1, -0.05) is 41.4 Å². The highest BCUT2D eigenvalue weighted by atomic mass is 35.5. The lowest BCUT2D eigenvalue weighted by Gasteiger charge is -2.24. The molecule has 158 valence electrons. The van der Waals surface area contributed by atoms with E-state index in [9.17, 15) is 8.60 Å². The van der Waals surface area contributed by atoms with Crippen LogP contribution in [0.25, 0.3) is 0 Å². The molecule has 0 amide bonds. The lowest BCUT2D eigenvalue weighted by molar-refractivity contribution is 0.0547. The van der Waals surface area contributed by atoms with Crippen molar-refractivity contribution in [2.75, 3.05) is 32.8 Å². The molecular weight excluding hydrogens is 434 g/mol. The van der Waals surface area contributed by atoms with Crippen molar-refractivity contribution in [3.63, 3.8) is 0 Å². The first kappa shape index (κ1) is 22.7. The number of benzene rings is 2. The van der Waals surface area contributed by atoms with Crippen LogP contribution < -0.4 is 4.72 Å². The van der Waals surface area contributed by atoms with Crippen LogP contribution in [-0.2, 0) is 22.1 Å². The van der Waals surface area contributed by atoms with Gasteiger partial charge in [-0.2, -0.15) is 0 Å². The van der Waals surface area contributed by atoms with Crippen molar-refractivity contribution in [3.8, 4) is 0 Å². The van der Waals surface area contributed by atoms with E-state index in [-0.39, 0.29) is 11.9 Å². The fourth-order valence-corrected chi connectivity index (χ4v) is 5.16. The Kier molecular flexibility index (Phi) is 8.90. The van der Waals surface area contributed by atoms with Gasteiger partial charge >= 0.3 is 0 Å². The van der Waals surface area contributed by atoms with Gasteiger partial charge in [0.1, 0.15) is 16.8 Å². The van der Waals surface area contributed by atoms with Gasteiger partial charge in [-0.3, -0.25) is 0 Å². The molecule has 1 heterocycles. The van der Waals surface area contributed by atoms with E-state index in [1.54, 1.807) is 18.2 Å². The molecular formula is C21H25Cl2FN2O2S. The Morgan fingerprint density at radius 1 is 1.17 bits per heavy atom. The fraction of sp³-hybridized carbons (Fsp3) is 0.429. The van der Waals surface area contributed by atoms with Gasteiger partial charge in [-0.25, -0.2) is 13.3 Å². The van der Waals surface area contributed by atoms with Gasteiger partial charge in [0, 0.05) is 26.2 Å². The smallest absolute Gasteiger partial charge is 0.127 e. The summed E-state index contributed by atoms with van der Waals surface area (Å²) >= 11 is 12.2. The Morgan fingerprint density at radius 3 is 2.62 bits per heavy atom. The van der Waals surface area contributed by atoms with Gasteiger partial charge in [0.25, 0.3) is 0 Å². The molecule has 2 atom stereocenters. The first-order valence-corrected chi connectivity index (χ1v) is 11.6. The molecule has 1 saturated heterocycles. The number of nitrogens with zero attached hydrogens (tertiary/aromatic N) is 1. The van der Waals surface area contributed by atoms with Gasteiger partial charge in [0.2, 0.25) is 0 Å². The van der Waals surface area contributed by atoms with Crippen LogP contribution in [0.3, 0.4) is 0 Å². The van der Waals surface area contributed by atoms with Crippen LogP contribution in [0.15, 0.2) is 47.4 Å². The summed E-state index contributed by atoms with van der Waals surface area (Å²) in [6.07, 6.45) is 2.68. The van der Waals surface area contributed by atoms with E-state index >= 15 is 0 Å². The van der Waals surface area contributed by atoms with Gasteiger partial charge in [-0.15, -0.1) is 0 Å². The third-order valence-electron chi connectivity index (χ3n) is 4.80. The zero-order chi connectivity index (χ0) is 20.6. The summed E-state index contributed by atoms with van der Waals surface area (Å²) in [5, 5.41) is 0.799. The monoisotopic (exact) mass is 458 g/mol. The Labute approximate surface area is 183 Å². The predicted octanol–water partition coefficient (Wildman–Crippen LogP) is 4.47. The van der Waals surface area contributed by atoms with Crippen molar-refractivity contribution in [1.82, 2.24) is 9.62 Å². The highest BCUT2D eigenvalue weighted by molar-refractivity contribution is 7.83. The predicted molar refractivity (Wildman–Crippen MR) is 116 cm³/mol. The Balaban J connectivity index is 1.44. The second-order valence-electron chi connectivity index (χ2n) is 7.04. The highest BCUT2D eigenvalue weighted by Gasteiger charge is 2.19. The second-order valence-corrected chi connectivity index (χ2v) is 9.09. The molecule has 0 bridgehead atoms. The summed E-state index contributed by atoms with van der Waals surface area (Å²) in [5.74, 6) is -0.222. The summed E-state index contributed by atoms with van der Waals surface area (Å²) in [4.78, 5) is 2.80. The van der Waals surface area contributed by atoms with Crippen molar-refractivity contribution in [2.24, 2.45) is 0 Å². The number of hydrogen-bond acceptors (Lipinski definition) is 3.